The molecule has 0 radical (unpaired) electrons. The standard InChI is InChI=1S/C20H19FN2O3S/c1-12(13-7-9-14(21)10-8-13)22-19(24)16-11-27-20(23-16)15-5-4-6-17(25-2)18(15)26-3/h4-12H,1-3H3,(H,22,24). The number of carbonyl (C=O) groups is 1. The van der Waals surface area contributed by atoms with E-state index in [9.17, 15) is 9.18 Å². The van der Waals surface area contributed by atoms with Crippen molar-refractivity contribution in [2.45, 2.75) is 13.0 Å². The lowest BCUT2D eigenvalue weighted by atomic mass is 10.1. The van der Waals surface area contributed by atoms with Crippen LogP contribution in [0.3, 0.4) is 0 Å². The summed E-state index contributed by atoms with van der Waals surface area (Å²) in [5, 5.41) is 5.23. The Morgan fingerprint density at radius 2 is 1.89 bits per heavy atom. The maximum absolute atomic E-state index is 13.0. The lowest BCUT2D eigenvalue weighted by Gasteiger charge is -2.13. The molecule has 1 heterocycles. The van der Waals surface area contributed by atoms with Crippen LogP contribution in [-0.2, 0) is 0 Å². The average Bonchev–Trinajstić information content (AvgIpc) is 3.17. The van der Waals surface area contributed by atoms with E-state index >= 15 is 0 Å². The molecular formula is C20H19FN2O3S. The van der Waals surface area contributed by atoms with Crippen LogP contribution in [0, 0.1) is 5.82 Å². The summed E-state index contributed by atoms with van der Waals surface area (Å²) in [4.78, 5) is 17.0. The van der Waals surface area contributed by atoms with Crippen molar-refractivity contribution in [2.75, 3.05) is 14.2 Å². The van der Waals surface area contributed by atoms with Gasteiger partial charge >= 0.3 is 0 Å². The van der Waals surface area contributed by atoms with Crippen molar-refractivity contribution in [1.29, 1.82) is 0 Å². The van der Waals surface area contributed by atoms with Crippen LogP contribution in [0.4, 0.5) is 4.39 Å². The zero-order chi connectivity index (χ0) is 19.4. The summed E-state index contributed by atoms with van der Waals surface area (Å²) in [5.41, 5.74) is 1.89. The number of carbonyl (C=O) groups excluding carboxylic acids is 1. The lowest BCUT2D eigenvalue weighted by Crippen LogP contribution is -2.26. The SMILES string of the molecule is COc1cccc(-c2nc(C(=O)NC(C)c3ccc(F)cc3)cs2)c1OC. The number of nitrogens with zero attached hydrogens (tertiary/aromatic N) is 1. The monoisotopic (exact) mass is 386 g/mol. The minimum absolute atomic E-state index is 0.269. The highest BCUT2D eigenvalue weighted by atomic mass is 32.1. The Morgan fingerprint density at radius 1 is 1.15 bits per heavy atom. The first kappa shape index (κ1) is 18.8. The van der Waals surface area contributed by atoms with Crippen molar-refractivity contribution < 1.29 is 18.7 Å². The fourth-order valence-corrected chi connectivity index (χ4v) is 3.48. The number of hydrogen-bond donors (Lipinski definition) is 1. The highest BCUT2D eigenvalue weighted by molar-refractivity contribution is 7.13. The Labute approximate surface area is 160 Å². The van der Waals surface area contributed by atoms with Crippen LogP contribution in [-0.4, -0.2) is 25.1 Å². The number of benzene rings is 2. The number of amides is 1. The zero-order valence-electron chi connectivity index (χ0n) is 15.2. The van der Waals surface area contributed by atoms with Crippen LogP contribution in [0.1, 0.15) is 29.0 Å². The number of ether oxygens (including phenoxy) is 2. The van der Waals surface area contributed by atoms with Crippen LogP contribution < -0.4 is 14.8 Å². The number of methoxy groups -OCH3 is 2. The molecule has 5 nitrogen and oxygen atoms in total. The summed E-state index contributed by atoms with van der Waals surface area (Å²) in [6.07, 6.45) is 0. The molecule has 27 heavy (non-hydrogen) atoms. The van der Waals surface area contributed by atoms with Gasteiger partial charge in [-0.25, -0.2) is 9.37 Å². The van der Waals surface area contributed by atoms with Crippen molar-refractivity contribution in [3.63, 3.8) is 0 Å². The van der Waals surface area contributed by atoms with Gasteiger partial charge in [-0.3, -0.25) is 4.79 Å². The predicted octanol–water partition coefficient (Wildman–Crippen LogP) is 4.46. The first-order chi connectivity index (χ1) is 13.0. The van der Waals surface area contributed by atoms with Crippen LogP contribution in [0.25, 0.3) is 10.6 Å². The minimum atomic E-state index is -0.311. The Bertz CT molecular complexity index is 941. The normalized spacial score (nSPS) is 11.7. The van der Waals surface area contributed by atoms with Crippen molar-refractivity contribution in [3.8, 4) is 22.1 Å². The average molecular weight is 386 g/mol. The Hall–Kier alpha value is -2.93. The van der Waals surface area contributed by atoms with Crippen molar-refractivity contribution in [1.82, 2.24) is 10.3 Å². The molecule has 1 amide bonds. The molecule has 3 aromatic rings. The minimum Gasteiger partial charge on any atom is -0.493 e. The van der Waals surface area contributed by atoms with E-state index in [1.165, 1.54) is 23.5 Å². The van der Waals surface area contributed by atoms with Crippen LogP contribution >= 0.6 is 11.3 Å². The number of halogens is 1. The maximum atomic E-state index is 13.0. The lowest BCUT2D eigenvalue weighted by molar-refractivity contribution is 0.0935. The number of rotatable bonds is 6. The third-order valence-electron chi connectivity index (χ3n) is 4.09. The summed E-state index contributed by atoms with van der Waals surface area (Å²) >= 11 is 1.35. The molecule has 3 rings (SSSR count). The maximum Gasteiger partial charge on any atom is 0.271 e. The largest absolute Gasteiger partial charge is 0.493 e. The van der Waals surface area contributed by atoms with E-state index in [1.807, 2.05) is 19.1 Å². The van der Waals surface area contributed by atoms with Gasteiger partial charge in [0.2, 0.25) is 0 Å². The molecule has 0 aliphatic carbocycles. The van der Waals surface area contributed by atoms with E-state index in [1.54, 1.807) is 37.8 Å². The molecule has 0 saturated heterocycles. The zero-order valence-corrected chi connectivity index (χ0v) is 16.0. The molecule has 0 aliphatic rings. The van der Waals surface area contributed by atoms with E-state index in [4.69, 9.17) is 9.47 Å². The quantitative estimate of drug-likeness (QED) is 0.680. The summed E-state index contributed by atoms with van der Waals surface area (Å²) in [7, 11) is 3.13. The van der Waals surface area contributed by atoms with Gasteiger partial charge in [-0.1, -0.05) is 18.2 Å². The third kappa shape index (κ3) is 4.09. The first-order valence-electron chi connectivity index (χ1n) is 8.26. The van der Waals surface area contributed by atoms with Crippen molar-refractivity contribution in [3.05, 3.63) is 64.9 Å². The first-order valence-corrected chi connectivity index (χ1v) is 9.14. The molecule has 1 atom stereocenters. The van der Waals surface area contributed by atoms with Gasteiger partial charge in [0.1, 0.15) is 16.5 Å². The van der Waals surface area contributed by atoms with Gasteiger partial charge in [0.25, 0.3) is 5.91 Å². The number of nitrogens with one attached hydrogen (secondary N) is 1. The van der Waals surface area contributed by atoms with E-state index < -0.39 is 0 Å². The Morgan fingerprint density at radius 3 is 2.56 bits per heavy atom. The second-order valence-corrected chi connectivity index (χ2v) is 6.68. The molecule has 0 fully saturated rings. The Kier molecular flexibility index (Phi) is 5.71. The molecular weight excluding hydrogens is 367 g/mol. The van der Waals surface area contributed by atoms with Crippen LogP contribution in [0.15, 0.2) is 47.8 Å². The highest BCUT2D eigenvalue weighted by Gasteiger charge is 2.18. The van der Waals surface area contributed by atoms with E-state index in [-0.39, 0.29) is 17.8 Å². The molecule has 1 unspecified atom stereocenters. The molecule has 0 aliphatic heterocycles. The number of aromatic nitrogens is 1. The summed E-state index contributed by atoms with van der Waals surface area (Å²) in [5.74, 6) is 0.562. The van der Waals surface area contributed by atoms with Gasteiger partial charge in [-0.15, -0.1) is 11.3 Å². The van der Waals surface area contributed by atoms with Gasteiger partial charge in [0, 0.05) is 5.38 Å². The van der Waals surface area contributed by atoms with E-state index in [0.717, 1.165) is 11.1 Å². The summed E-state index contributed by atoms with van der Waals surface area (Å²) < 4.78 is 23.8. The summed E-state index contributed by atoms with van der Waals surface area (Å²) in [6, 6.07) is 11.3. The molecule has 140 valence electrons. The summed E-state index contributed by atoms with van der Waals surface area (Å²) in [6.45, 7) is 1.84. The molecule has 7 heteroatoms. The fourth-order valence-electron chi connectivity index (χ4n) is 2.66. The fraction of sp³-hybridized carbons (Fsp3) is 0.200. The second kappa shape index (κ2) is 8.18. The number of thiazole rings is 1. The van der Waals surface area contributed by atoms with Gasteiger partial charge in [0.05, 0.1) is 25.8 Å². The molecule has 2 aromatic carbocycles. The van der Waals surface area contributed by atoms with E-state index in [0.29, 0.717) is 22.2 Å². The molecule has 0 saturated carbocycles. The molecule has 0 spiro atoms. The smallest absolute Gasteiger partial charge is 0.271 e. The van der Waals surface area contributed by atoms with Crippen LogP contribution in [0.5, 0.6) is 11.5 Å². The Balaban J connectivity index is 1.79. The topological polar surface area (TPSA) is 60.5 Å². The van der Waals surface area contributed by atoms with Gasteiger partial charge in [-0.05, 0) is 36.8 Å². The number of para-hydroxylation sites is 1. The molecule has 0 bridgehead atoms. The highest BCUT2D eigenvalue weighted by Crippen LogP contribution is 2.38. The second-order valence-electron chi connectivity index (χ2n) is 5.83. The van der Waals surface area contributed by atoms with Gasteiger partial charge in [-0.2, -0.15) is 0 Å². The van der Waals surface area contributed by atoms with Crippen LogP contribution in [0.2, 0.25) is 0 Å². The molecule has 1 aromatic heterocycles. The number of hydrogen-bond acceptors (Lipinski definition) is 5. The third-order valence-corrected chi connectivity index (χ3v) is 4.96. The predicted molar refractivity (Wildman–Crippen MR) is 103 cm³/mol. The van der Waals surface area contributed by atoms with Crippen molar-refractivity contribution >= 4 is 17.2 Å². The molecule has 1 N–H and O–H groups in total. The van der Waals surface area contributed by atoms with Gasteiger partial charge < -0.3 is 14.8 Å². The van der Waals surface area contributed by atoms with E-state index in [2.05, 4.69) is 10.3 Å². The van der Waals surface area contributed by atoms with Crippen molar-refractivity contribution in [2.24, 2.45) is 0 Å². The van der Waals surface area contributed by atoms with Gasteiger partial charge in [0.15, 0.2) is 11.5 Å².